The zero-order chi connectivity index (χ0) is 14.5. The molecule has 1 aromatic carbocycles. The molecule has 0 atom stereocenters. The molecule has 19 heavy (non-hydrogen) atoms. The predicted molar refractivity (Wildman–Crippen MR) is 70.7 cm³/mol. The van der Waals surface area contributed by atoms with Crippen LogP contribution in [0, 0.1) is 15.5 Å². The molecular formula is C13H18N2O4. The minimum Gasteiger partial charge on any atom is -0.396 e. The van der Waals surface area contributed by atoms with Gasteiger partial charge in [-0.25, -0.2) is 0 Å². The van der Waals surface area contributed by atoms with Gasteiger partial charge in [0.25, 0.3) is 5.69 Å². The highest BCUT2D eigenvalue weighted by Gasteiger charge is 2.19. The summed E-state index contributed by atoms with van der Waals surface area (Å²) >= 11 is 0. The number of nitrogens with zero attached hydrogens (tertiary/aromatic N) is 1. The molecule has 0 bridgehead atoms. The predicted octanol–water partition coefficient (Wildman–Crippen LogP) is 1.27. The number of rotatable bonds is 6. The van der Waals surface area contributed by atoms with E-state index in [1.54, 1.807) is 18.2 Å². The minimum absolute atomic E-state index is 0.0429. The molecule has 0 aliphatic heterocycles. The van der Waals surface area contributed by atoms with Crippen molar-refractivity contribution in [3.05, 3.63) is 39.9 Å². The number of para-hydroxylation sites is 1. The van der Waals surface area contributed by atoms with E-state index in [4.69, 9.17) is 5.11 Å². The Kier molecular flexibility index (Phi) is 5.00. The van der Waals surface area contributed by atoms with Crippen molar-refractivity contribution in [2.45, 2.75) is 20.3 Å². The van der Waals surface area contributed by atoms with Crippen LogP contribution in [0.4, 0.5) is 5.69 Å². The first-order chi connectivity index (χ1) is 8.85. The van der Waals surface area contributed by atoms with Gasteiger partial charge in [0.1, 0.15) is 0 Å². The van der Waals surface area contributed by atoms with Crippen molar-refractivity contribution >= 4 is 11.6 Å². The van der Waals surface area contributed by atoms with Crippen LogP contribution in [0.15, 0.2) is 24.3 Å². The molecule has 0 saturated heterocycles. The zero-order valence-electron chi connectivity index (χ0n) is 11.0. The standard InChI is InChI=1S/C13H18N2O4/c1-13(2,9-16)8-14-12(17)7-10-5-3-4-6-11(10)15(18)19/h3-6,16H,7-9H2,1-2H3,(H,14,17). The molecule has 6 nitrogen and oxygen atoms in total. The van der Waals surface area contributed by atoms with E-state index in [0.29, 0.717) is 12.1 Å². The summed E-state index contributed by atoms with van der Waals surface area (Å²) in [7, 11) is 0. The molecular weight excluding hydrogens is 248 g/mol. The number of benzene rings is 1. The maximum absolute atomic E-state index is 11.7. The second kappa shape index (κ2) is 6.29. The monoisotopic (exact) mass is 266 g/mol. The van der Waals surface area contributed by atoms with Gasteiger partial charge in [-0.2, -0.15) is 0 Å². The minimum atomic E-state index is -0.500. The number of aliphatic hydroxyl groups excluding tert-OH is 1. The van der Waals surface area contributed by atoms with Crippen LogP contribution < -0.4 is 5.32 Å². The van der Waals surface area contributed by atoms with E-state index in [0.717, 1.165) is 0 Å². The normalized spacial score (nSPS) is 11.1. The van der Waals surface area contributed by atoms with Crippen molar-refractivity contribution in [1.29, 1.82) is 0 Å². The number of nitro benzene ring substituents is 1. The fourth-order valence-corrected chi connectivity index (χ4v) is 1.47. The highest BCUT2D eigenvalue weighted by molar-refractivity contribution is 5.79. The summed E-state index contributed by atoms with van der Waals surface area (Å²) in [6, 6.07) is 6.16. The SMILES string of the molecule is CC(C)(CO)CNC(=O)Cc1ccccc1[N+](=O)[O-]. The molecule has 2 N–H and O–H groups in total. The number of carbonyl (C=O) groups excluding carboxylic acids is 1. The van der Waals surface area contributed by atoms with Gasteiger partial charge >= 0.3 is 0 Å². The average Bonchev–Trinajstić information content (AvgIpc) is 2.37. The Morgan fingerprint density at radius 1 is 1.42 bits per heavy atom. The van der Waals surface area contributed by atoms with Gasteiger partial charge in [-0.3, -0.25) is 14.9 Å². The van der Waals surface area contributed by atoms with Gasteiger partial charge < -0.3 is 10.4 Å². The number of nitro groups is 1. The Morgan fingerprint density at radius 2 is 2.05 bits per heavy atom. The van der Waals surface area contributed by atoms with Crippen LogP contribution in [-0.4, -0.2) is 29.1 Å². The van der Waals surface area contributed by atoms with Crippen molar-refractivity contribution in [1.82, 2.24) is 5.32 Å². The lowest BCUT2D eigenvalue weighted by atomic mass is 9.95. The Balaban J connectivity index is 2.65. The van der Waals surface area contributed by atoms with Gasteiger partial charge in [-0.05, 0) is 0 Å². The fourth-order valence-electron chi connectivity index (χ4n) is 1.47. The van der Waals surface area contributed by atoms with E-state index in [1.165, 1.54) is 6.07 Å². The van der Waals surface area contributed by atoms with Crippen LogP contribution in [0.1, 0.15) is 19.4 Å². The summed E-state index contributed by atoms with van der Waals surface area (Å²) < 4.78 is 0. The summed E-state index contributed by atoms with van der Waals surface area (Å²) in [5, 5.41) is 22.5. The first-order valence-corrected chi connectivity index (χ1v) is 5.95. The zero-order valence-corrected chi connectivity index (χ0v) is 11.0. The van der Waals surface area contributed by atoms with Crippen molar-refractivity contribution in [3.8, 4) is 0 Å². The maximum Gasteiger partial charge on any atom is 0.273 e. The molecule has 0 fully saturated rings. The molecule has 1 rings (SSSR count). The molecule has 0 heterocycles. The Hall–Kier alpha value is -1.95. The molecule has 0 saturated carbocycles. The molecule has 6 heteroatoms. The van der Waals surface area contributed by atoms with Crippen LogP contribution in [0.2, 0.25) is 0 Å². The first kappa shape index (κ1) is 15.1. The third kappa shape index (κ3) is 4.67. The van der Waals surface area contributed by atoms with Crippen molar-refractivity contribution in [3.63, 3.8) is 0 Å². The van der Waals surface area contributed by atoms with E-state index >= 15 is 0 Å². The van der Waals surface area contributed by atoms with E-state index < -0.39 is 10.3 Å². The van der Waals surface area contributed by atoms with Crippen LogP contribution >= 0.6 is 0 Å². The van der Waals surface area contributed by atoms with E-state index in [-0.39, 0.29) is 24.6 Å². The van der Waals surface area contributed by atoms with Crippen molar-refractivity contribution in [2.75, 3.05) is 13.2 Å². The summed E-state index contributed by atoms with van der Waals surface area (Å²) in [6.07, 6.45) is -0.0430. The summed E-state index contributed by atoms with van der Waals surface area (Å²) in [4.78, 5) is 22.0. The summed E-state index contributed by atoms with van der Waals surface area (Å²) in [5.74, 6) is -0.296. The van der Waals surface area contributed by atoms with Crippen LogP contribution in [-0.2, 0) is 11.2 Å². The van der Waals surface area contributed by atoms with Crippen LogP contribution in [0.3, 0.4) is 0 Å². The topological polar surface area (TPSA) is 92.5 Å². The Bertz CT molecular complexity index is 471. The van der Waals surface area contributed by atoms with Gasteiger partial charge in [0, 0.05) is 30.2 Å². The Labute approximate surface area is 111 Å². The van der Waals surface area contributed by atoms with Crippen molar-refractivity contribution in [2.24, 2.45) is 5.41 Å². The van der Waals surface area contributed by atoms with Crippen LogP contribution in [0.25, 0.3) is 0 Å². The van der Waals surface area contributed by atoms with Gasteiger partial charge in [0.15, 0.2) is 0 Å². The summed E-state index contributed by atoms with van der Waals surface area (Å²) in [6.45, 7) is 3.91. The number of carbonyl (C=O) groups is 1. The van der Waals surface area contributed by atoms with E-state index in [1.807, 2.05) is 13.8 Å². The third-order valence-electron chi connectivity index (χ3n) is 2.73. The number of nitrogens with one attached hydrogen (secondary N) is 1. The van der Waals surface area contributed by atoms with E-state index in [9.17, 15) is 14.9 Å². The first-order valence-electron chi connectivity index (χ1n) is 5.95. The maximum atomic E-state index is 11.7. The van der Waals surface area contributed by atoms with Crippen LogP contribution in [0.5, 0.6) is 0 Å². The average molecular weight is 266 g/mol. The number of aliphatic hydroxyl groups is 1. The lowest BCUT2D eigenvalue weighted by molar-refractivity contribution is -0.385. The third-order valence-corrected chi connectivity index (χ3v) is 2.73. The van der Waals surface area contributed by atoms with Gasteiger partial charge in [0.05, 0.1) is 11.3 Å². The molecule has 104 valence electrons. The second-order valence-corrected chi connectivity index (χ2v) is 5.16. The lowest BCUT2D eigenvalue weighted by Gasteiger charge is -2.21. The number of amides is 1. The molecule has 0 radical (unpaired) electrons. The molecule has 1 aromatic rings. The largest absolute Gasteiger partial charge is 0.396 e. The summed E-state index contributed by atoms with van der Waals surface area (Å²) in [5.41, 5.74) is -0.0796. The Morgan fingerprint density at radius 3 is 2.63 bits per heavy atom. The highest BCUT2D eigenvalue weighted by Crippen LogP contribution is 2.18. The highest BCUT2D eigenvalue weighted by atomic mass is 16.6. The molecule has 0 aromatic heterocycles. The lowest BCUT2D eigenvalue weighted by Crippen LogP contribution is -2.36. The molecule has 1 amide bonds. The molecule has 0 aliphatic carbocycles. The van der Waals surface area contributed by atoms with Crippen molar-refractivity contribution < 1.29 is 14.8 Å². The quantitative estimate of drug-likeness (QED) is 0.599. The molecule has 0 unspecified atom stereocenters. The van der Waals surface area contributed by atoms with Gasteiger partial charge in [-0.1, -0.05) is 32.0 Å². The molecule has 0 aliphatic rings. The second-order valence-electron chi connectivity index (χ2n) is 5.16. The van der Waals surface area contributed by atoms with E-state index in [2.05, 4.69) is 5.32 Å². The molecule has 0 spiro atoms. The smallest absolute Gasteiger partial charge is 0.273 e. The number of hydrogen-bond donors (Lipinski definition) is 2. The number of hydrogen-bond acceptors (Lipinski definition) is 4. The fraction of sp³-hybridized carbons (Fsp3) is 0.462. The van der Waals surface area contributed by atoms with Gasteiger partial charge in [-0.15, -0.1) is 0 Å². The van der Waals surface area contributed by atoms with Gasteiger partial charge in [0.2, 0.25) is 5.91 Å².